The van der Waals surface area contributed by atoms with Crippen molar-refractivity contribution in [2.24, 2.45) is 5.73 Å². The van der Waals surface area contributed by atoms with Crippen LogP contribution in [0.4, 0.5) is 5.82 Å². The standard InChI is InChI=1S/C16H23N3/c1-13-12-14-8-4-5-9-15(14)18-16(13)19(2)11-7-3-6-10-17/h4-5,8-9,12H,3,6-7,10-11,17H2,1-2H3. The second-order valence-corrected chi connectivity index (χ2v) is 5.09. The monoisotopic (exact) mass is 257 g/mol. The van der Waals surface area contributed by atoms with Crippen molar-refractivity contribution in [3.63, 3.8) is 0 Å². The Labute approximate surface area is 115 Å². The van der Waals surface area contributed by atoms with E-state index in [0.717, 1.165) is 30.8 Å². The molecule has 1 aromatic carbocycles. The molecule has 0 radical (unpaired) electrons. The van der Waals surface area contributed by atoms with E-state index in [4.69, 9.17) is 10.7 Å². The van der Waals surface area contributed by atoms with Crippen molar-refractivity contribution in [1.29, 1.82) is 0 Å². The van der Waals surface area contributed by atoms with Crippen LogP contribution in [-0.4, -0.2) is 25.1 Å². The van der Waals surface area contributed by atoms with Gasteiger partial charge >= 0.3 is 0 Å². The minimum absolute atomic E-state index is 0.789. The van der Waals surface area contributed by atoms with Gasteiger partial charge in [0.05, 0.1) is 5.52 Å². The number of pyridine rings is 1. The fourth-order valence-electron chi connectivity index (χ4n) is 2.37. The van der Waals surface area contributed by atoms with Gasteiger partial charge < -0.3 is 10.6 Å². The minimum Gasteiger partial charge on any atom is -0.359 e. The van der Waals surface area contributed by atoms with E-state index in [1.165, 1.54) is 23.8 Å². The second-order valence-electron chi connectivity index (χ2n) is 5.09. The Hall–Kier alpha value is -1.61. The van der Waals surface area contributed by atoms with Crippen molar-refractivity contribution >= 4 is 16.7 Å². The van der Waals surface area contributed by atoms with Crippen LogP contribution in [0.5, 0.6) is 0 Å². The van der Waals surface area contributed by atoms with Crippen LogP contribution >= 0.6 is 0 Å². The molecule has 0 amide bonds. The first-order valence-corrected chi connectivity index (χ1v) is 7.00. The SMILES string of the molecule is Cc1cc2ccccc2nc1N(C)CCCCCN. The van der Waals surface area contributed by atoms with Gasteiger partial charge in [-0.1, -0.05) is 24.6 Å². The highest BCUT2D eigenvalue weighted by atomic mass is 15.2. The van der Waals surface area contributed by atoms with E-state index in [-0.39, 0.29) is 0 Å². The number of aromatic nitrogens is 1. The first kappa shape index (κ1) is 13.8. The number of benzene rings is 1. The summed E-state index contributed by atoms with van der Waals surface area (Å²) in [5.74, 6) is 1.09. The molecule has 2 N–H and O–H groups in total. The van der Waals surface area contributed by atoms with Crippen LogP contribution in [0.1, 0.15) is 24.8 Å². The Balaban J connectivity index is 2.12. The summed E-state index contributed by atoms with van der Waals surface area (Å²) in [6, 6.07) is 10.5. The normalized spacial score (nSPS) is 10.9. The van der Waals surface area contributed by atoms with E-state index in [2.05, 4.69) is 43.1 Å². The van der Waals surface area contributed by atoms with Crippen LogP contribution < -0.4 is 10.6 Å². The van der Waals surface area contributed by atoms with E-state index >= 15 is 0 Å². The summed E-state index contributed by atoms with van der Waals surface area (Å²) in [6.07, 6.45) is 3.47. The highest BCUT2D eigenvalue weighted by Crippen LogP contribution is 2.22. The molecule has 2 rings (SSSR count). The molecule has 0 aliphatic carbocycles. The van der Waals surface area contributed by atoms with Crippen LogP contribution in [0, 0.1) is 6.92 Å². The minimum atomic E-state index is 0.789. The van der Waals surface area contributed by atoms with E-state index in [1.54, 1.807) is 0 Å². The molecule has 102 valence electrons. The molecule has 0 unspecified atom stereocenters. The third-order valence-electron chi connectivity index (χ3n) is 3.45. The zero-order chi connectivity index (χ0) is 13.7. The maximum atomic E-state index is 5.52. The molecule has 0 saturated carbocycles. The lowest BCUT2D eigenvalue weighted by molar-refractivity contribution is 0.676. The molecule has 0 aliphatic rings. The number of rotatable bonds is 6. The largest absolute Gasteiger partial charge is 0.359 e. The first-order chi connectivity index (χ1) is 9.22. The van der Waals surface area contributed by atoms with Crippen LogP contribution in [0.25, 0.3) is 10.9 Å². The summed E-state index contributed by atoms with van der Waals surface area (Å²) in [4.78, 5) is 7.02. The summed E-state index contributed by atoms with van der Waals surface area (Å²) in [7, 11) is 2.12. The molecule has 3 nitrogen and oxygen atoms in total. The summed E-state index contributed by atoms with van der Waals surface area (Å²) < 4.78 is 0. The van der Waals surface area contributed by atoms with Crippen molar-refractivity contribution in [2.45, 2.75) is 26.2 Å². The van der Waals surface area contributed by atoms with Crippen LogP contribution in [-0.2, 0) is 0 Å². The summed E-state index contributed by atoms with van der Waals surface area (Å²) in [6.45, 7) is 3.95. The summed E-state index contributed by atoms with van der Waals surface area (Å²) >= 11 is 0. The lowest BCUT2D eigenvalue weighted by atomic mass is 10.1. The number of para-hydroxylation sites is 1. The third kappa shape index (κ3) is 3.44. The topological polar surface area (TPSA) is 42.2 Å². The van der Waals surface area contributed by atoms with Gasteiger partial charge in [0.25, 0.3) is 0 Å². The third-order valence-corrected chi connectivity index (χ3v) is 3.45. The van der Waals surface area contributed by atoms with Gasteiger partial charge in [0.15, 0.2) is 0 Å². The zero-order valence-electron chi connectivity index (χ0n) is 11.9. The molecule has 3 heteroatoms. The van der Waals surface area contributed by atoms with Crippen LogP contribution in [0.15, 0.2) is 30.3 Å². The molecule has 0 spiro atoms. The van der Waals surface area contributed by atoms with Gasteiger partial charge in [0.1, 0.15) is 5.82 Å². The van der Waals surface area contributed by atoms with Gasteiger partial charge in [0.2, 0.25) is 0 Å². The number of anilines is 1. The Bertz CT molecular complexity index is 537. The lowest BCUT2D eigenvalue weighted by Gasteiger charge is -2.20. The first-order valence-electron chi connectivity index (χ1n) is 7.00. The Kier molecular flexibility index (Phi) is 4.74. The predicted octanol–water partition coefficient (Wildman–Crippen LogP) is 3.11. The smallest absolute Gasteiger partial charge is 0.131 e. The Morgan fingerprint density at radius 2 is 1.95 bits per heavy atom. The second kappa shape index (κ2) is 6.53. The molecule has 0 aliphatic heterocycles. The molecule has 0 saturated heterocycles. The summed E-state index contributed by atoms with van der Waals surface area (Å²) in [5, 5.41) is 1.21. The van der Waals surface area contributed by atoms with Crippen LogP contribution in [0.2, 0.25) is 0 Å². The Morgan fingerprint density at radius 1 is 1.16 bits per heavy atom. The lowest BCUT2D eigenvalue weighted by Crippen LogP contribution is -2.21. The molecular weight excluding hydrogens is 234 g/mol. The average Bonchev–Trinajstić information content (AvgIpc) is 2.42. The van der Waals surface area contributed by atoms with Gasteiger partial charge in [-0.2, -0.15) is 0 Å². The van der Waals surface area contributed by atoms with Crippen molar-refractivity contribution in [3.8, 4) is 0 Å². The van der Waals surface area contributed by atoms with Gasteiger partial charge in [0, 0.05) is 19.0 Å². The van der Waals surface area contributed by atoms with Gasteiger partial charge in [-0.05, 0) is 44.0 Å². The van der Waals surface area contributed by atoms with E-state index in [0.29, 0.717) is 0 Å². The highest BCUT2D eigenvalue weighted by molar-refractivity contribution is 5.81. The van der Waals surface area contributed by atoms with E-state index in [1.807, 2.05) is 6.07 Å². The fourth-order valence-corrected chi connectivity index (χ4v) is 2.37. The van der Waals surface area contributed by atoms with E-state index in [9.17, 15) is 0 Å². The number of hydrogen-bond acceptors (Lipinski definition) is 3. The molecule has 0 fully saturated rings. The van der Waals surface area contributed by atoms with Crippen molar-refractivity contribution in [3.05, 3.63) is 35.9 Å². The molecular formula is C16H23N3. The van der Waals surface area contributed by atoms with Crippen molar-refractivity contribution < 1.29 is 0 Å². The molecule has 19 heavy (non-hydrogen) atoms. The number of nitrogens with zero attached hydrogens (tertiary/aromatic N) is 2. The van der Waals surface area contributed by atoms with Gasteiger partial charge in [-0.3, -0.25) is 0 Å². The highest BCUT2D eigenvalue weighted by Gasteiger charge is 2.07. The van der Waals surface area contributed by atoms with Gasteiger partial charge in [-0.15, -0.1) is 0 Å². The average molecular weight is 257 g/mol. The zero-order valence-corrected chi connectivity index (χ0v) is 11.9. The number of unbranched alkanes of at least 4 members (excludes halogenated alkanes) is 2. The number of nitrogens with two attached hydrogens (primary N) is 1. The molecule has 0 atom stereocenters. The number of fused-ring (bicyclic) bond motifs is 1. The number of hydrogen-bond donors (Lipinski definition) is 1. The Morgan fingerprint density at radius 3 is 2.74 bits per heavy atom. The molecule has 1 heterocycles. The van der Waals surface area contributed by atoms with Crippen molar-refractivity contribution in [2.75, 3.05) is 25.0 Å². The molecule has 2 aromatic rings. The maximum Gasteiger partial charge on any atom is 0.131 e. The maximum absolute atomic E-state index is 5.52. The predicted molar refractivity (Wildman–Crippen MR) is 82.7 cm³/mol. The molecule has 1 aromatic heterocycles. The van der Waals surface area contributed by atoms with Crippen molar-refractivity contribution in [1.82, 2.24) is 4.98 Å². The van der Waals surface area contributed by atoms with Gasteiger partial charge in [-0.25, -0.2) is 4.98 Å². The quantitative estimate of drug-likeness (QED) is 0.809. The van der Waals surface area contributed by atoms with Crippen LogP contribution in [0.3, 0.4) is 0 Å². The fraction of sp³-hybridized carbons (Fsp3) is 0.438. The summed E-state index contributed by atoms with van der Waals surface area (Å²) in [5.41, 5.74) is 7.82. The molecule has 0 bridgehead atoms. The van der Waals surface area contributed by atoms with E-state index < -0.39 is 0 Å². The number of aryl methyl sites for hydroxylation is 1.